The first-order valence-corrected chi connectivity index (χ1v) is 6.03. The topological polar surface area (TPSA) is 68.2 Å². The van der Waals surface area contributed by atoms with Crippen LogP contribution < -0.4 is 10.6 Å². The Bertz CT molecular complexity index is 568. The van der Waals surface area contributed by atoms with Gasteiger partial charge < -0.3 is 10.1 Å². The second-order valence-electron chi connectivity index (χ2n) is 4.04. The van der Waals surface area contributed by atoms with Crippen LogP contribution in [0.5, 0.6) is 0 Å². The van der Waals surface area contributed by atoms with Crippen molar-refractivity contribution in [3.63, 3.8) is 0 Å². The van der Waals surface area contributed by atoms with Crippen molar-refractivity contribution >= 4 is 17.5 Å². The molecule has 6 nitrogen and oxygen atoms in total. The molecule has 2 N–H and O–H groups in total. The Labute approximate surface area is 115 Å². The maximum absolute atomic E-state index is 12.7. The van der Waals surface area contributed by atoms with Gasteiger partial charge in [0, 0.05) is 25.1 Å². The molecule has 7 heteroatoms. The molecule has 20 heavy (non-hydrogen) atoms. The molecule has 2 amide bonds. The molecule has 0 atom stereocenters. The zero-order valence-corrected chi connectivity index (χ0v) is 11.0. The third-order valence-electron chi connectivity index (χ3n) is 2.51. The Hall–Kier alpha value is -2.41. The van der Waals surface area contributed by atoms with Crippen LogP contribution in [0.25, 0.3) is 0 Å². The van der Waals surface area contributed by atoms with Gasteiger partial charge in [-0.15, -0.1) is 0 Å². The van der Waals surface area contributed by atoms with E-state index in [1.807, 2.05) is 0 Å². The molecule has 0 aliphatic carbocycles. The number of amides is 2. The van der Waals surface area contributed by atoms with Gasteiger partial charge in [-0.3, -0.25) is 10.00 Å². The highest BCUT2D eigenvalue weighted by Gasteiger charge is 2.05. The van der Waals surface area contributed by atoms with Crippen LogP contribution in [0, 0.1) is 5.82 Å². The lowest BCUT2D eigenvalue weighted by atomic mass is 10.3. The summed E-state index contributed by atoms with van der Waals surface area (Å²) < 4.78 is 19.3. The molecule has 0 saturated heterocycles. The van der Waals surface area contributed by atoms with Gasteiger partial charge in [-0.25, -0.2) is 9.18 Å². The number of rotatable bonds is 5. The Balaban J connectivity index is 1.87. The minimum absolute atomic E-state index is 0.354. The normalized spacial score (nSPS) is 10.3. The number of urea groups is 1. The number of methoxy groups -OCH3 is 1. The van der Waals surface area contributed by atoms with Crippen molar-refractivity contribution in [1.29, 1.82) is 0 Å². The number of hydrogen-bond donors (Lipinski definition) is 2. The molecule has 2 aromatic rings. The molecule has 1 heterocycles. The van der Waals surface area contributed by atoms with Gasteiger partial charge in [0.1, 0.15) is 5.82 Å². The smallest absolute Gasteiger partial charge is 0.324 e. The monoisotopic (exact) mass is 278 g/mol. The van der Waals surface area contributed by atoms with Gasteiger partial charge in [0.25, 0.3) is 0 Å². The molecule has 0 saturated carbocycles. The number of nitrogens with zero attached hydrogens (tertiary/aromatic N) is 2. The number of nitrogens with one attached hydrogen (secondary N) is 2. The second-order valence-corrected chi connectivity index (χ2v) is 4.04. The Morgan fingerprint density at radius 3 is 2.75 bits per heavy atom. The van der Waals surface area contributed by atoms with E-state index in [4.69, 9.17) is 4.74 Å². The van der Waals surface area contributed by atoms with Gasteiger partial charge in [0.2, 0.25) is 0 Å². The van der Waals surface area contributed by atoms with Gasteiger partial charge in [-0.1, -0.05) is 0 Å². The van der Waals surface area contributed by atoms with Crippen molar-refractivity contribution in [2.75, 3.05) is 24.4 Å². The molecule has 2 rings (SSSR count). The number of aromatic nitrogens is 2. The molecule has 0 bridgehead atoms. The third-order valence-corrected chi connectivity index (χ3v) is 2.51. The average Bonchev–Trinajstić information content (AvgIpc) is 2.86. The summed E-state index contributed by atoms with van der Waals surface area (Å²) in [5.74, 6) is 0.0774. The zero-order valence-electron chi connectivity index (χ0n) is 11.0. The van der Waals surface area contributed by atoms with Gasteiger partial charge in [0.05, 0.1) is 13.2 Å². The standard InChI is InChI=1S/C13H15FN4O2/c1-20-9-8-18-7-6-12(17-18)16-13(19)15-11-4-2-10(14)3-5-11/h2-7H,8-9H2,1H3,(H2,15,16,17,19). The van der Waals surface area contributed by atoms with E-state index >= 15 is 0 Å². The quantitative estimate of drug-likeness (QED) is 0.882. The maximum atomic E-state index is 12.7. The minimum Gasteiger partial charge on any atom is -0.383 e. The van der Waals surface area contributed by atoms with Crippen LogP contribution in [-0.4, -0.2) is 29.5 Å². The van der Waals surface area contributed by atoms with Crippen LogP contribution in [0.4, 0.5) is 20.7 Å². The molecular formula is C13H15FN4O2. The summed E-state index contributed by atoms with van der Waals surface area (Å²) in [5.41, 5.74) is 0.503. The van der Waals surface area contributed by atoms with E-state index in [1.165, 1.54) is 24.3 Å². The predicted molar refractivity (Wildman–Crippen MR) is 73.1 cm³/mol. The van der Waals surface area contributed by atoms with Crippen LogP contribution in [0.2, 0.25) is 0 Å². The Morgan fingerprint density at radius 2 is 2.05 bits per heavy atom. The molecular weight excluding hydrogens is 263 g/mol. The van der Waals surface area contributed by atoms with E-state index in [2.05, 4.69) is 15.7 Å². The first-order chi connectivity index (χ1) is 9.67. The molecule has 0 spiro atoms. The van der Waals surface area contributed by atoms with Gasteiger partial charge in [-0.2, -0.15) is 5.10 Å². The van der Waals surface area contributed by atoms with Gasteiger partial charge in [0.15, 0.2) is 5.82 Å². The molecule has 0 aliphatic rings. The van der Waals surface area contributed by atoms with E-state index in [1.54, 1.807) is 24.1 Å². The molecule has 0 fully saturated rings. The van der Waals surface area contributed by atoms with Crippen LogP contribution in [-0.2, 0) is 11.3 Å². The second kappa shape index (κ2) is 6.67. The first-order valence-electron chi connectivity index (χ1n) is 6.03. The fourth-order valence-electron chi connectivity index (χ4n) is 1.55. The van der Waals surface area contributed by atoms with E-state index in [0.29, 0.717) is 24.7 Å². The maximum Gasteiger partial charge on any atom is 0.324 e. The molecule has 0 aliphatic heterocycles. The van der Waals surface area contributed by atoms with Crippen LogP contribution in [0.3, 0.4) is 0 Å². The van der Waals surface area contributed by atoms with E-state index in [0.717, 1.165) is 0 Å². The van der Waals surface area contributed by atoms with Gasteiger partial charge >= 0.3 is 6.03 Å². The molecule has 0 radical (unpaired) electrons. The molecule has 106 valence electrons. The summed E-state index contributed by atoms with van der Waals surface area (Å²) >= 11 is 0. The third kappa shape index (κ3) is 4.06. The van der Waals surface area contributed by atoms with Crippen molar-refractivity contribution < 1.29 is 13.9 Å². The Kier molecular flexibility index (Phi) is 4.67. The number of carbonyl (C=O) groups excluding carboxylic acids is 1. The van der Waals surface area contributed by atoms with Gasteiger partial charge in [-0.05, 0) is 24.3 Å². The van der Waals surface area contributed by atoms with Crippen molar-refractivity contribution in [2.45, 2.75) is 6.54 Å². The van der Waals surface area contributed by atoms with Crippen LogP contribution in [0.1, 0.15) is 0 Å². The summed E-state index contributed by atoms with van der Waals surface area (Å²) in [7, 11) is 1.61. The highest BCUT2D eigenvalue weighted by atomic mass is 19.1. The lowest BCUT2D eigenvalue weighted by Gasteiger charge is -2.05. The fraction of sp³-hybridized carbons (Fsp3) is 0.231. The van der Waals surface area contributed by atoms with E-state index < -0.39 is 6.03 Å². The minimum atomic E-state index is -0.436. The number of halogens is 1. The molecule has 1 aromatic heterocycles. The van der Waals surface area contributed by atoms with Crippen molar-refractivity contribution in [3.05, 3.63) is 42.3 Å². The average molecular weight is 278 g/mol. The van der Waals surface area contributed by atoms with Crippen LogP contribution in [0.15, 0.2) is 36.5 Å². The van der Waals surface area contributed by atoms with Crippen molar-refractivity contribution in [1.82, 2.24) is 9.78 Å². The van der Waals surface area contributed by atoms with Crippen LogP contribution >= 0.6 is 0 Å². The molecule has 0 unspecified atom stereocenters. The summed E-state index contributed by atoms with van der Waals surface area (Å²) in [5, 5.41) is 9.31. The number of benzene rings is 1. The number of ether oxygens (including phenoxy) is 1. The molecule has 1 aromatic carbocycles. The zero-order chi connectivity index (χ0) is 14.4. The van der Waals surface area contributed by atoms with E-state index in [9.17, 15) is 9.18 Å². The fourth-order valence-corrected chi connectivity index (χ4v) is 1.55. The lowest BCUT2D eigenvalue weighted by Crippen LogP contribution is -2.20. The number of carbonyl (C=O) groups is 1. The summed E-state index contributed by atoms with van der Waals surface area (Å²) in [6.07, 6.45) is 1.74. The Morgan fingerprint density at radius 1 is 1.30 bits per heavy atom. The number of hydrogen-bond acceptors (Lipinski definition) is 3. The SMILES string of the molecule is COCCn1ccc(NC(=O)Nc2ccc(F)cc2)n1. The highest BCUT2D eigenvalue weighted by molar-refractivity contribution is 5.99. The first kappa shape index (κ1) is 14.0. The predicted octanol–water partition coefficient (Wildman–Crippen LogP) is 2.31. The largest absolute Gasteiger partial charge is 0.383 e. The summed E-state index contributed by atoms with van der Waals surface area (Å²) in [4.78, 5) is 11.7. The highest BCUT2D eigenvalue weighted by Crippen LogP contribution is 2.09. The number of anilines is 2. The van der Waals surface area contributed by atoms with E-state index in [-0.39, 0.29) is 5.82 Å². The summed E-state index contributed by atoms with van der Waals surface area (Å²) in [6, 6.07) is 6.75. The summed E-state index contributed by atoms with van der Waals surface area (Å²) in [6.45, 7) is 1.15. The van der Waals surface area contributed by atoms with Crippen molar-refractivity contribution in [3.8, 4) is 0 Å². The lowest BCUT2D eigenvalue weighted by molar-refractivity contribution is 0.183. The van der Waals surface area contributed by atoms with Crippen molar-refractivity contribution in [2.24, 2.45) is 0 Å².